The quantitative estimate of drug-likeness (QED) is 0.876. The van der Waals surface area contributed by atoms with Crippen molar-refractivity contribution in [3.63, 3.8) is 0 Å². The van der Waals surface area contributed by atoms with E-state index in [1.54, 1.807) is 26.0 Å². The third kappa shape index (κ3) is 4.74. The van der Waals surface area contributed by atoms with Crippen LogP contribution in [0.3, 0.4) is 0 Å². The van der Waals surface area contributed by atoms with Crippen LogP contribution in [0.4, 0.5) is 4.39 Å². The first-order valence-corrected chi connectivity index (χ1v) is 6.49. The molecule has 0 aliphatic rings. The topological polar surface area (TPSA) is 49.3 Å². The number of benzene rings is 1. The molecule has 0 aromatic heterocycles. The number of aliphatic hydroxyl groups is 1. The van der Waals surface area contributed by atoms with E-state index >= 15 is 0 Å². The number of hydrogen-bond acceptors (Lipinski definition) is 2. The van der Waals surface area contributed by atoms with Crippen LogP contribution in [0.15, 0.2) is 22.7 Å². The van der Waals surface area contributed by atoms with Crippen molar-refractivity contribution in [2.45, 2.75) is 32.2 Å². The van der Waals surface area contributed by atoms with Crippen LogP contribution in [0.5, 0.6) is 0 Å². The SMILES string of the molecule is CC(C)(CO)NC(=O)CCc1ccc(Br)cc1F. The van der Waals surface area contributed by atoms with Crippen LogP contribution in [0.2, 0.25) is 0 Å². The van der Waals surface area contributed by atoms with Crippen molar-refractivity contribution in [1.29, 1.82) is 0 Å². The summed E-state index contributed by atoms with van der Waals surface area (Å²) in [4.78, 5) is 11.6. The number of amides is 1. The molecule has 0 spiro atoms. The van der Waals surface area contributed by atoms with Crippen molar-refractivity contribution in [2.24, 2.45) is 0 Å². The minimum absolute atomic E-state index is 0.134. The number of hydrogen-bond donors (Lipinski definition) is 2. The molecule has 5 heteroatoms. The molecule has 1 amide bonds. The number of carbonyl (C=O) groups excluding carboxylic acids is 1. The molecular formula is C13H17BrFNO2. The van der Waals surface area contributed by atoms with Gasteiger partial charge in [0, 0.05) is 10.9 Å². The van der Waals surface area contributed by atoms with Crippen LogP contribution in [0.25, 0.3) is 0 Å². The van der Waals surface area contributed by atoms with Gasteiger partial charge in [-0.15, -0.1) is 0 Å². The lowest BCUT2D eigenvalue weighted by Gasteiger charge is -2.23. The molecule has 0 bridgehead atoms. The van der Waals surface area contributed by atoms with Crippen molar-refractivity contribution in [3.8, 4) is 0 Å². The van der Waals surface area contributed by atoms with Gasteiger partial charge in [0.05, 0.1) is 12.1 Å². The monoisotopic (exact) mass is 317 g/mol. The van der Waals surface area contributed by atoms with Crippen molar-refractivity contribution in [3.05, 3.63) is 34.1 Å². The first-order chi connectivity index (χ1) is 8.34. The van der Waals surface area contributed by atoms with Gasteiger partial charge >= 0.3 is 0 Å². The maximum absolute atomic E-state index is 13.5. The number of halogens is 2. The zero-order valence-electron chi connectivity index (χ0n) is 10.5. The molecule has 1 aromatic carbocycles. The van der Waals surface area contributed by atoms with Gasteiger partial charge in [-0.3, -0.25) is 4.79 Å². The highest BCUT2D eigenvalue weighted by Gasteiger charge is 2.18. The zero-order chi connectivity index (χ0) is 13.8. The molecule has 1 aromatic rings. The maximum atomic E-state index is 13.5. The fourth-order valence-corrected chi connectivity index (χ4v) is 1.79. The average Bonchev–Trinajstić information content (AvgIpc) is 2.27. The summed E-state index contributed by atoms with van der Waals surface area (Å²) in [6.45, 7) is 3.32. The molecule has 100 valence electrons. The molecule has 0 unspecified atom stereocenters. The Morgan fingerprint density at radius 1 is 1.50 bits per heavy atom. The van der Waals surface area contributed by atoms with Crippen LogP contribution < -0.4 is 5.32 Å². The molecule has 0 saturated carbocycles. The van der Waals surface area contributed by atoms with E-state index in [0.717, 1.165) is 0 Å². The lowest BCUT2D eigenvalue weighted by molar-refractivity contribution is -0.123. The molecule has 0 radical (unpaired) electrons. The van der Waals surface area contributed by atoms with E-state index in [9.17, 15) is 9.18 Å². The van der Waals surface area contributed by atoms with Gasteiger partial charge in [-0.25, -0.2) is 4.39 Å². The Morgan fingerprint density at radius 2 is 2.17 bits per heavy atom. The van der Waals surface area contributed by atoms with Crippen LogP contribution in [0, 0.1) is 5.82 Å². The summed E-state index contributed by atoms with van der Waals surface area (Å²) in [5, 5.41) is 11.7. The van der Waals surface area contributed by atoms with Gasteiger partial charge in [-0.05, 0) is 38.0 Å². The molecule has 0 aliphatic carbocycles. The predicted octanol–water partition coefficient (Wildman–Crippen LogP) is 2.41. The Kier molecular flexibility index (Phi) is 5.28. The van der Waals surface area contributed by atoms with Crippen molar-refractivity contribution in [1.82, 2.24) is 5.32 Å². The summed E-state index contributed by atoms with van der Waals surface area (Å²) in [5.74, 6) is -0.519. The molecule has 0 fully saturated rings. The third-order valence-electron chi connectivity index (χ3n) is 2.51. The summed E-state index contributed by atoms with van der Waals surface area (Å²) in [6.07, 6.45) is 0.536. The standard InChI is InChI=1S/C13H17BrFNO2/c1-13(2,8-17)16-12(18)6-4-9-3-5-10(14)7-11(9)15/h3,5,7,17H,4,6,8H2,1-2H3,(H,16,18). The lowest BCUT2D eigenvalue weighted by Crippen LogP contribution is -2.46. The van der Waals surface area contributed by atoms with Crippen LogP contribution in [-0.2, 0) is 11.2 Å². The number of aryl methyl sites for hydroxylation is 1. The second-order valence-corrected chi connectivity index (χ2v) is 5.74. The van der Waals surface area contributed by atoms with Crippen LogP contribution in [-0.4, -0.2) is 23.2 Å². The normalized spacial score (nSPS) is 11.4. The van der Waals surface area contributed by atoms with Crippen LogP contribution in [0.1, 0.15) is 25.8 Å². The van der Waals surface area contributed by atoms with E-state index in [-0.39, 0.29) is 24.8 Å². The van der Waals surface area contributed by atoms with Gasteiger partial charge in [-0.2, -0.15) is 0 Å². The number of rotatable bonds is 5. The Bertz CT molecular complexity index is 435. The van der Waals surface area contributed by atoms with E-state index in [4.69, 9.17) is 5.11 Å². The first kappa shape index (κ1) is 15.1. The average molecular weight is 318 g/mol. The Balaban J connectivity index is 2.53. The van der Waals surface area contributed by atoms with Gasteiger partial charge in [0.15, 0.2) is 0 Å². The molecule has 3 nitrogen and oxygen atoms in total. The predicted molar refractivity (Wildman–Crippen MR) is 71.7 cm³/mol. The van der Waals surface area contributed by atoms with E-state index in [1.807, 2.05) is 0 Å². The summed E-state index contributed by atoms with van der Waals surface area (Å²) in [6, 6.07) is 4.78. The smallest absolute Gasteiger partial charge is 0.220 e. The molecule has 2 N–H and O–H groups in total. The molecule has 0 atom stereocenters. The summed E-state index contributed by atoms with van der Waals surface area (Å²) < 4.78 is 14.2. The molecule has 1 rings (SSSR count). The first-order valence-electron chi connectivity index (χ1n) is 5.70. The minimum Gasteiger partial charge on any atom is -0.394 e. The van der Waals surface area contributed by atoms with Crippen molar-refractivity contribution < 1.29 is 14.3 Å². The van der Waals surface area contributed by atoms with E-state index in [1.165, 1.54) is 6.07 Å². The minimum atomic E-state index is -0.644. The largest absolute Gasteiger partial charge is 0.394 e. The van der Waals surface area contributed by atoms with Gasteiger partial charge < -0.3 is 10.4 Å². The summed E-state index contributed by atoms with van der Waals surface area (Å²) >= 11 is 3.18. The molecular weight excluding hydrogens is 301 g/mol. The van der Waals surface area contributed by atoms with Gasteiger partial charge in [0.1, 0.15) is 5.82 Å². The summed E-state index contributed by atoms with van der Waals surface area (Å²) in [5.41, 5.74) is -0.134. The molecule has 0 aliphatic heterocycles. The Morgan fingerprint density at radius 3 is 2.72 bits per heavy atom. The Hall–Kier alpha value is -0.940. The molecule has 18 heavy (non-hydrogen) atoms. The zero-order valence-corrected chi connectivity index (χ0v) is 12.1. The lowest BCUT2D eigenvalue weighted by atomic mass is 10.1. The van der Waals surface area contributed by atoms with Crippen molar-refractivity contribution in [2.75, 3.05) is 6.61 Å². The third-order valence-corrected chi connectivity index (χ3v) is 3.00. The maximum Gasteiger partial charge on any atom is 0.220 e. The van der Waals surface area contributed by atoms with Gasteiger partial charge in [-0.1, -0.05) is 22.0 Å². The van der Waals surface area contributed by atoms with E-state index in [0.29, 0.717) is 16.5 Å². The Labute approximate surface area is 115 Å². The number of carbonyl (C=O) groups is 1. The van der Waals surface area contributed by atoms with Crippen molar-refractivity contribution >= 4 is 21.8 Å². The fourth-order valence-electron chi connectivity index (χ4n) is 1.45. The van der Waals surface area contributed by atoms with Gasteiger partial charge in [0.2, 0.25) is 5.91 Å². The number of aliphatic hydroxyl groups excluding tert-OH is 1. The second kappa shape index (κ2) is 6.29. The highest BCUT2D eigenvalue weighted by Crippen LogP contribution is 2.16. The highest BCUT2D eigenvalue weighted by atomic mass is 79.9. The van der Waals surface area contributed by atoms with Crippen LogP contribution >= 0.6 is 15.9 Å². The van der Waals surface area contributed by atoms with E-state index < -0.39 is 5.54 Å². The fraction of sp³-hybridized carbons (Fsp3) is 0.462. The molecule has 0 heterocycles. The highest BCUT2D eigenvalue weighted by molar-refractivity contribution is 9.10. The number of nitrogens with one attached hydrogen (secondary N) is 1. The van der Waals surface area contributed by atoms with Gasteiger partial charge in [0.25, 0.3) is 0 Å². The summed E-state index contributed by atoms with van der Waals surface area (Å²) in [7, 11) is 0. The second-order valence-electron chi connectivity index (χ2n) is 4.83. The van der Waals surface area contributed by atoms with E-state index in [2.05, 4.69) is 21.2 Å². The molecule has 0 saturated heterocycles.